The summed E-state index contributed by atoms with van der Waals surface area (Å²) in [5.41, 5.74) is 1.18. The van der Waals surface area contributed by atoms with E-state index in [4.69, 9.17) is 4.74 Å². The fourth-order valence-electron chi connectivity index (χ4n) is 1.62. The van der Waals surface area contributed by atoms with Crippen LogP contribution in [0.2, 0.25) is 0 Å². The molecule has 2 rings (SSSR count). The fourth-order valence-corrected chi connectivity index (χ4v) is 1.62. The van der Waals surface area contributed by atoms with Crippen molar-refractivity contribution in [2.24, 2.45) is 7.05 Å². The lowest BCUT2D eigenvalue weighted by Gasteiger charge is -2.13. The maximum atomic E-state index is 9.81. The van der Waals surface area contributed by atoms with Gasteiger partial charge in [0.15, 0.2) is 0 Å². The molecule has 1 aromatic carbocycles. The number of aryl methyl sites for hydroxylation is 2. The zero-order valence-electron chi connectivity index (χ0n) is 11.2. The van der Waals surface area contributed by atoms with Crippen molar-refractivity contribution in [3.8, 4) is 5.75 Å². The number of anilines is 1. The Kier molecular flexibility index (Phi) is 4.41. The Labute approximate surface area is 112 Å². The number of aromatic nitrogens is 2. The predicted molar refractivity (Wildman–Crippen MR) is 74.4 cm³/mol. The number of nitrogens with one attached hydrogen (secondary N) is 1. The number of hydrogen-bond donors (Lipinski definition) is 2. The van der Waals surface area contributed by atoms with Crippen LogP contribution in [0.5, 0.6) is 5.75 Å². The highest BCUT2D eigenvalue weighted by molar-refractivity contribution is 5.32. The molecule has 0 amide bonds. The van der Waals surface area contributed by atoms with E-state index in [-0.39, 0.29) is 6.61 Å². The molecule has 102 valence electrons. The first-order valence-corrected chi connectivity index (χ1v) is 6.24. The quantitative estimate of drug-likeness (QED) is 0.829. The van der Waals surface area contributed by atoms with Crippen LogP contribution in [0.4, 0.5) is 5.82 Å². The molecule has 0 aliphatic rings. The predicted octanol–water partition coefficient (Wildman–Crippen LogP) is 1.58. The molecule has 0 aliphatic heterocycles. The van der Waals surface area contributed by atoms with Crippen LogP contribution >= 0.6 is 0 Å². The summed E-state index contributed by atoms with van der Waals surface area (Å²) in [6, 6.07) is 9.61. The molecule has 0 radical (unpaired) electrons. The highest BCUT2D eigenvalue weighted by Gasteiger charge is 2.06. The van der Waals surface area contributed by atoms with Crippen molar-refractivity contribution < 1.29 is 9.84 Å². The maximum Gasteiger partial charge on any atom is 0.148 e. The first kappa shape index (κ1) is 13.4. The molecular weight excluding hydrogens is 242 g/mol. The van der Waals surface area contributed by atoms with Gasteiger partial charge in [-0.2, -0.15) is 5.10 Å². The Bertz CT molecular complexity index is 508. The summed E-state index contributed by atoms with van der Waals surface area (Å²) in [5, 5.41) is 17.0. The fraction of sp³-hybridized carbons (Fsp3) is 0.357. The molecule has 0 fully saturated rings. The van der Waals surface area contributed by atoms with Gasteiger partial charge < -0.3 is 15.2 Å². The molecule has 0 bridgehead atoms. The second-order valence-electron chi connectivity index (χ2n) is 4.53. The van der Waals surface area contributed by atoms with Crippen molar-refractivity contribution in [2.75, 3.05) is 18.5 Å². The van der Waals surface area contributed by atoms with Crippen molar-refractivity contribution >= 4 is 5.82 Å². The van der Waals surface area contributed by atoms with Crippen LogP contribution in [0, 0.1) is 6.92 Å². The van der Waals surface area contributed by atoms with Crippen LogP contribution in [0.15, 0.2) is 36.5 Å². The molecule has 2 aromatic rings. The number of benzene rings is 1. The van der Waals surface area contributed by atoms with Crippen molar-refractivity contribution in [3.63, 3.8) is 0 Å². The Morgan fingerprint density at radius 1 is 1.32 bits per heavy atom. The van der Waals surface area contributed by atoms with E-state index in [2.05, 4.69) is 10.4 Å². The molecule has 19 heavy (non-hydrogen) atoms. The van der Waals surface area contributed by atoms with Gasteiger partial charge >= 0.3 is 0 Å². The zero-order chi connectivity index (χ0) is 13.7. The van der Waals surface area contributed by atoms with E-state index >= 15 is 0 Å². The van der Waals surface area contributed by atoms with Crippen molar-refractivity contribution in [1.82, 2.24) is 9.78 Å². The van der Waals surface area contributed by atoms with Gasteiger partial charge in [-0.05, 0) is 19.1 Å². The maximum absolute atomic E-state index is 9.81. The largest absolute Gasteiger partial charge is 0.491 e. The van der Waals surface area contributed by atoms with Crippen molar-refractivity contribution in [2.45, 2.75) is 13.0 Å². The van der Waals surface area contributed by atoms with Gasteiger partial charge in [-0.25, -0.2) is 0 Å². The molecule has 1 atom stereocenters. The molecule has 1 aromatic heterocycles. The lowest BCUT2D eigenvalue weighted by Crippen LogP contribution is -2.26. The average Bonchev–Trinajstić information content (AvgIpc) is 2.81. The summed E-state index contributed by atoms with van der Waals surface area (Å²) < 4.78 is 7.21. The van der Waals surface area contributed by atoms with Crippen LogP contribution in [-0.2, 0) is 7.05 Å². The van der Waals surface area contributed by atoms with Gasteiger partial charge in [-0.3, -0.25) is 4.68 Å². The standard InChI is InChI=1S/C14H19N3O2/c1-11-3-5-13(6-4-11)19-10-12(18)9-15-14-7-8-17(2)16-14/h3-8,12,18H,9-10H2,1-2H3,(H,15,16). The van der Waals surface area contributed by atoms with E-state index < -0.39 is 6.10 Å². The topological polar surface area (TPSA) is 59.3 Å². The van der Waals surface area contributed by atoms with E-state index in [0.717, 1.165) is 11.6 Å². The number of hydrogen-bond acceptors (Lipinski definition) is 4. The van der Waals surface area contributed by atoms with E-state index in [1.165, 1.54) is 5.56 Å². The zero-order valence-corrected chi connectivity index (χ0v) is 11.2. The minimum atomic E-state index is -0.580. The Hall–Kier alpha value is -2.01. The second-order valence-corrected chi connectivity index (χ2v) is 4.53. The summed E-state index contributed by atoms with van der Waals surface area (Å²) in [7, 11) is 1.85. The molecule has 2 N–H and O–H groups in total. The smallest absolute Gasteiger partial charge is 0.148 e. The summed E-state index contributed by atoms with van der Waals surface area (Å²) >= 11 is 0. The van der Waals surface area contributed by atoms with Gasteiger partial charge in [0.2, 0.25) is 0 Å². The lowest BCUT2D eigenvalue weighted by molar-refractivity contribution is 0.117. The van der Waals surface area contributed by atoms with Gasteiger partial charge in [0.1, 0.15) is 24.3 Å². The first-order valence-electron chi connectivity index (χ1n) is 6.24. The number of ether oxygens (including phenoxy) is 1. The summed E-state index contributed by atoms with van der Waals surface area (Å²) in [6.07, 6.45) is 1.26. The monoisotopic (exact) mass is 261 g/mol. The normalized spacial score (nSPS) is 12.2. The number of aliphatic hydroxyl groups excluding tert-OH is 1. The molecule has 5 heteroatoms. The van der Waals surface area contributed by atoms with Gasteiger partial charge in [-0.1, -0.05) is 17.7 Å². The van der Waals surface area contributed by atoms with Crippen LogP contribution < -0.4 is 10.1 Å². The van der Waals surface area contributed by atoms with Gasteiger partial charge in [0.05, 0.1) is 0 Å². The minimum absolute atomic E-state index is 0.253. The van der Waals surface area contributed by atoms with Crippen molar-refractivity contribution in [3.05, 3.63) is 42.1 Å². The third-order valence-electron chi connectivity index (χ3n) is 2.70. The third kappa shape index (κ3) is 4.30. The van der Waals surface area contributed by atoms with Crippen LogP contribution in [0.25, 0.3) is 0 Å². The Morgan fingerprint density at radius 2 is 2.05 bits per heavy atom. The molecule has 0 aliphatic carbocycles. The molecule has 0 saturated heterocycles. The van der Waals surface area contributed by atoms with E-state index in [9.17, 15) is 5.11 Å². The Balaban J connectivity index is 1.72. The molecule has 5 nitrogen and oxygen atoms in total. The lowest BCUT2D eigenvalue weighted by atomic mass is 10.2. The summed E-state index contributed by atoms with van der Waals surface area (Å²) in [6.45, 7) is 2.68. The molecule has 1 unspecified atom stereocenters. The SMILES string of the molecule is Cc1ccc(OCC(O)CNc2ccn(C)n2)cc1. The van der Waals surface area contributed by atoms with Gasteiger partial charge in [-0.15, -0.1) is 0 Å². The number of aliphatic hydroxyl groups is 1. The molecular formula is C14H19N3O2. The highest BCUT2D eigenvalue weighted by atomic mass is 16.5. The highest BCUT2D eigenvalue weighted by Crippen LogP contribution is 2.11. The van der Waals surface area contributed by atoms with Gasteiger partial charge in [0.25, 0.3) is 0 Å². The second kappa shape index (κ2) is 6.24. The van der Waals surface area contributed by atoms with Crippen LogP contribution in [0.1, 0.15) is 5.56 Å². The summed E-state index contributed by atoms with van der Waals surface area (Å²) in [4.78, 5) is 0. The number of rotatable bonds is 6. The van der Waals surface area contributed by atoms with Crippen LogP contribution in [-0.4, -0.2) is 34.1 Å². The summed E-state index contributed by atoms with van der Waals surface area (Å²) in [5.74, 6) is 1.51. The average molecular weight is 261 g/mol. The first-order chi connectivity index (χ1) is 9.13. The third-order valence-corrected chi connectivity index (χ3v) is 2.70. The van der Waals surface area contributed by atoms with E-state index in [0.29, 0.717) is 6.54 Å². The Morgan fingerprint density at radius 3 is 2.68 bits per heavy atom. The van der Waals surface area contributed by atoms with E-state index in [1.807, 2.05) is 50.5 Å². The van der Waals surface area contributed by atoms with Crippen molar-refractivity contribution in [1.29, 1.82) is 0 Å². The van der Waals surface area contributed by atoms with Gasteiger partial charge in [0, 0.05) is 25.9 Å². The number of nitrogens with zero attached hydrogens (tertiary/aromatic N) is 2. The van der Waals surface area contributed by atoms with E-state index in [1.54, 1.807) is 4.68 Å². The van der Waals surface area contributed by atoms with Crippen LogP contribution in [0.3, 0.4) is 0 Å². The molecule has 0 spiro atoms. The molecule has 0 saturated carbocycles. The molecule has 1 heterocycles. The minimum Gasteiger partial charge on any atom is -0.491 e.